The van der Waals surface area contributed by atoms with Crippen molar-refractivity contribution in [3.05, 3.63) is 65.4 Å². The molecule has 3 rings (SSSR count). The number of hydrogen-bond donors (Lipinski definition) is 3. The number of ether oxygens (including phenoxy) is 1. The average molecular weight is 351 g/mol. The highest BCUT2D eigenvalue weighted by Gasteiger charge is 2.10. The van der Waals surface area contributed by atoms with Crippen molar-refractivity contribution in [3.63, 3.8) is 0 Å². The SMILES string of the molecule is COCC(=O)Nc1cccc(CNC(=O)c2cc3ccc(C)cc3[nH]2)c1. The van der Waals surface area contributed by atoms with Gasteiger partial charge in [-0.15, -0.1) is 0 Å². The van der Waals surface area contributed by atoms with E-state index in [4.69, 9.17) is 4.74 Å². The van der Waals surface area contributed by atoms with Crippen molar-refractivity contribution < 1.29 is 14.3 Å². The summed E-state index contributed by atoms with van der Waals surface area (Å²) >= 11 is 0. The first-order chi connectivity index (χ1) is 12.5. The fourth-order valence-corrected chi connectivity index (χ4v) is 2.73. The Bertz CT molecular complexity index is 946. The van der Waals surface area contributed by atoms with Crippen molar-refractivity contribution in [1.29, 1.82) is 0 Å². The molecule has 26 heavy (non-hydrogen) atoms. The molecule has 3 aromatic rings. The molecule has 0 fully saturated rings. The molecule has 1 aromatic heterocycles. The van der Waals surface area contributed by atoms with E-state index in [1.165, 1.54) is 7.11 Å². The summed E-state index contributed by atoms with van der Waals surface area (Å²) in [4.78, 5) is 27.1. The van der Waals surface area contributed by atoms with Crippen molar-refractivity contribution in [2.45, 2.75) is 13.5 Å². The Morgan fingerprint density at radius 2 is 1.96 bits per heavy atom. The second-order valence-corrected chi connectivity index (χ2v) is 6.14. The number of carbonyl (C=O) groups is 2. The molecular weight excluding hydrogens is 330 g/mol. The minimum Gasteiger partial charge on any atom is -0.375 e. The number of aromatic nitrogens is 1. The Hall–Kier alpha value is -3.12. The van der Waals surface area contributed by atoms with Gasteiger partial charge in [-0.25, -0.2) is 0 Å². The van der Waals surface area contributed by atoms with E-state index in [2.05, 4.69) is 15.6 Å². The number of aromatic amines is 1. The zero-order valence-electron chi connectivity index (χ0n) is 14.8. The number of H-pyrrole nitrogens is 1. The molecule has 0 spiro atoms. The van der Waals surface area contributed by atoms with E-state index in [1.807, 2.05) is 49.4 Å². The van der Waals surface area contributed by atoms with Gasteiger partial charge in [0, 0.05) is 30.2 Å². The van der Waals surface area contributed by atoms with E-state index in [0.717, 1.165) is 22.0 Å². The standard InChI is InChI=1S/C20H21N3O3/c1-13-6-7-15-10-18(23-17(15)8-13)20(25)21-11-14-4-3-5-16(9-14)22-19(24)12-26-2/h3-10,23H,11-12H2,1-2H3,(H,21,25)(H,22,24). The summed E-state index contributed by atoms with van der Waals surface area (Å²) in [5.41, 5.74) is 4.16. The van der Waals surface area contributed by atoms with Gasteiger partial charge in [0.1, 0.15) is 12.3 Å². The highest BCUT2D eigenvalue weighted by Crippen LogP contribution is 2.17. The summed E-state index contributed by atoms with van der Waals surface area (Å²) < 4.78 is 4.79. The third-order valence-corrected chi connectivity index (χ3v) is 3.96. The van der Waals surface area contributed by atoms with Crippen LogP contribution in [0.2, 0.25) is 0 Å². The topological polar surface area (TPSA) is 83.2 Å². The third kappa shape index (κ3) is 4.29. The van der Waals surface area contributed by atoms with Gasteiger partial charge in [0.15, 0.2) is 0 Å². The lowest BCUT2D eigenvalue weighted by Gasteiger charge is -2.08. The lowest BCUT2D eigenvalue weighted by molar-refractivity contribution is -0.119. The van der Waals surface area contributed by atoms with Crippen LogP contribution >= 0.6 is 0 Å². The Kier molecular flexibility index (Phi) is 5.34. The van der Waals surface area contributed by atoms with Crippen LogP contribution in [0.5, 0.6) is 0 Å². The number of anilines is 1. The molecular formula is C20H21N3O3. The third-order valence-electron chi connectivity index (χ3n) is 3.96. The highest BCUT2D eigenvalue weighted by molar-refractivity contribution is 5.98. The number of fused-ring (bicyclic) bond motifs is 1. The Morgan fingerprint density at radius 1 is 1.12 bits per heavy atom. The van der Waals surface area contributed by atoms with Crippen LogP contribution in [0.1, 0.15) is 21.6 Å². The Labute approximate surface area is 151 Å². The predicted octanol–water partition coefficient (Wildman–Crippen LogP) is 2.99. The minimum absolute atomic E-state index is 0.000815. The van der Waals surface area contributed by atoms with Crippen LogP contribution in [0.4, 0.5) is 5.69 Å². The molecule has 134 valence electrons. The number of aryl methyl sites for hydroxylation is 1. The summed E-state index contributed by atoms with van der Waals surface area (Å²) in [6, 6.07) is 15.2. The summed E-state index contributed by atoms with van der Waals surface area (Å²) in [7, 11) is 1.47. The van der Waals surface area contributed by atoms with Crippen LogP contribution in [0, 0.1) is 6.92 Å². The maximum atomic E-state index is 12.4. The number of rotatable bonds is 6. The molecule has 1 heterocycles. The molecule has 0 saturated heterocycles. The largest absolute Gasteiger partial charge is 0.375 e. The van der Waals surface area contributed by atoms with Gasteiger partial charge in [0.25, 0.3) is 5.91 Å². The van der Waals surface area contributed by atoms with Gasteiger partial charge >= 0.3 is 0 Å². The van der Waals surface area contributed by atoms with Crippen molar-refractivity contribution in [3.8, 4) is 0 Å². The molecule has 0 aliphatic carbocycles. The number of benzene rings is 2. The Balaban J connectivity index is 1.64. The summed E-state index contributed by atoms with van der Waals surface area (Å²) in [6.45, 7) is 2.38. The molecule has 0 bridgehead atoms. The number of carbonyl (C=O) groups excluding carboxylic acids is 2. The average Bonchev–Trinajstić information content (AvgIpc) is 3.03. The van der Waals surface area contributed by atoms with Gasteiger partial charge in [-0.3, -0.25) is 9.59 Å². The minimum atomic E-state index is -0.220. The van der Waals surface area contributed by atoms with E-state index in [1.54, 1.807) is 6.07 Å². The smallest absolute Gasteiger partial charge is 0.267 e. The van der Waals surface area contributed by atoms with Crippen molar-refractivity contribution >= 4 is 28.4 Å². The van der Waals surface area contributed by atoms with Crippen molar-refractivity contribution in [1.82, 2.24) is 10.3 Å². The lowest BCUT2D eigenvalue weighted by atomic mass is 10.2. The Morgan fingerprint density at radius 3 is 2.77 bits per heavy atom. The highest BCUT2D eigenvalue weighted by atomic mass is 16.5. The number of amides is 2. The quantitative estimate of drug-likeness (QED) is 0.638. The summed E-state index contributed by atoms with van der Waals surface area (Å²) in [5, 5.41) is 6.64. The monoisotopic (exact) mass is 351 g/mol. The van der Waals surface area contributed by atoms with Gasteiger partial charge < -0.3 is 20.4 Å². The first kappa shape index (κ1) is 17.7. The second kappa shape index (κ2) is 7.84. The maximum absolute atomic E-state index is 12.4. The van der Waals surface area contributed by atoms with Crippen LogP contribution in [0.3, 0.4) is 0 Å². The van der Waals surface area contributed by atoms with Gasteiger partial charge in [0.2, 0.25) is 5.91 Å². The summed E-state index contributed by atoms with van der Waals surface area (Å²) in [6.07, 6.45) is 0. The molecule has 3 N–H and O–H groups in total. The van der Waals surface area contributed by atoms with Crippen LogP contribution in [0.25, 0.3) is 10.9 Å². The van der Waals surface area contributed by atoms with Gasteiger partial charge in [-0.2, -0.15) is 0 Å². The molecule has 0 atom stereocenters. The molecule has 6 nitrogen and oxygen atoms in total. The molecule has 0 aliphatic rings. The predicted molar refractivity (Wildman–Crippen MR) is 101 cm³/mol. The number of hydrogen-bond acceptors (Lipinski definition) is 3. The molecule has 0 aliphatic heterocycles. The number of methoxy groups -OCH3 is 1. The van der Waals surface area contributed by atoms with Gasteiger partial charge in [-0.05, 0) is 42.3 Å². The maximum Gasteiger partial charge on any atom is 0.267 e. The lowest BCUT2D eigenvalue weighted by Crippen LogP contribution is -2.23. The zero-order chi connectivity index (χ0) is 18.5. The summed E-state index contributed by atoms with van der Waals surface area (Å²) in [5.74, 6) is -0.394. The molecule has 0 unspecified atom stereocenters. The van der Waals surface area contributed by atoms with Crippen molar-refractivity contribution in [2.24, 2.45) is 0 Å². The normalized spacial score (nSPS) is 10.7. The molecule has 2 aromatic carbocycles. The zero-order valence-corrected chi connectivity index (χ0v) is 14.8. The van der Waals surface area contributed by atoms with E-state index in [-0.39, 0.29) is 18.4 Å². The molecule has 0 radical (unpaired) electrons. The molecule has 6 heteroatoms. The van der Waals surface area contributed by atoms with E-state index in [0.29, 0.717) is 17.9 Å². The molecule has 2 amide bonds. The van der Waals surface area contributed by atoms with Crippen LogP contribution in [-0.4, -0.2) is 30.5 Å². The van der Waals surface area contributed by atoms with Crippen LogP contribution in [0.15, 0.2) is 48.5 Å². The van der Waals surface area contributed by atoms with E-state index >= 15 is 0 Å². The molecule has 0 saturated carbocycles. The first-order valence-electron chi connectivity index (χ1n) is 8.30. The van der Waals surface area contributed by atoms with E-state index < -0.39 is 0 Å². The van der Waals surface area contributed by atoms with Crippen molar-refractivity contribution in [2.75, 3.05) is 19.0 Å². The van der Waals surface area contributed by atoms with Gasteiger partial charge in [-0.1, -0.05) is 24.3 Å². The fourth-order valence-electron chi connectivity index (χ4n) is 2.73. The number of nitrogens with one attached hydrogen (secondary N) is 3. The second-order valence-electron chi connectivity index (χ2n) is 6.14. The first-order valence-corrected chi connectivity index (χ1v) is 8.30. The van der Waals surface area contributed by atoms with Crippen LogP contribution < -0.4 is 10.6 Å². The van der Waals surface area contributed by atoms with E-state index in [9.17, 15) is 9.59 Å². The van der Waals surface area contributed by atoms with Crippen LogP contribution in [-0.2, 0) is 16.1 Å². The fraction of sp³-hybridized carbons (Fsp3) is 0.200. The van der Waals surface area contributed by atoms with Gasteiger partial charge in [0.05, 0.1) is 0 Å².